The molecule has 2 heterocycles. The van der Waals surface area contributed by atoms with Crippen molar-refractivity contribution < 1.29 is 18.7 Å². The number of imide groups is 1. The van der Waals surface area contributed by atoms with Gasteiger partial charge in [0.25, 0.3) is 5.91 Å². The molecule has 0 N–H and O–H groups in total. The van der Waals surface area contributed by atoms with Crippen LogP contribution in [0.1, 0.15) is 6.42 Å². The summed E-state index contributed by atoms with van der Waals surface area (Å²) in [4.78, 5) is 24.7. The highest BCUT2D eigenvalue weighted by molar-refractivity contribution is 6.31. The van der Waals surface area contributed by atoms with E-state index in [1.54, 1.807) is 0 Å². The van der Waals surface area contributed by atoms with Crippen molar-refractivity contribution in [3.8, 4) is 0 Å². The first-order valence-corrected chi connectivity index (χ1v) is 5.38. The van der Waals surface area contributed by atoms with Crippen molar-refractivity contribution in [2.45, 2.75) is 12.0 Å². The van der Waals surface area contributed by atoms with E-state index in [0.29, 0.717) is 0 Å². The Labute approximate surface area is 101 Å². The van der Waals surface area contributed by atoms with Gasteiger partial charge in [-0.05, 0) is 18.2 Å². The summed E-state index contributed by atoms with van der Waals surface area (Å²) in [6.07, 6.45) is 0.0425. The average molecular weight is 256 g/mol. The molecule has 1 spiro atoms. The molecule has 1 aromatic carbocycles. The number of benzene rings is 1. The molecular weight excluding hydrogens is 249 g/mol. The van der Waals surface area contributed by atoms with E-state index in [1.807, 2.05) is 0 Å². The second-order valence-electron chi connectivity index (χ2n) is 4.09. The second kappa shape index (κ2) is 3.27. The first-order chi connectivity index (χ1) is 8.03. The Kier molecular flexibility index (Phi) is 2.06. The summed E-state index contributed by atoms with van der Waals surface area (Å²) in [6.45, 7) is 0.267. The van der Waals surface area contributed by atoms with Gasteiger partial charge in [-0.1, -0.05) is 11.6 Å². The van der Waals surface area contributed by atoms with Crippen LogP contribution in [-0.2, 0) is 14.3 Å². The molecule has 6 heteroatoms. The quantitative estimate of drug-likeness (QED) is 0.565. The van der Waals surface area contributed by atoms with Crippen LogP contribution in [0.15, 0.2) is 18.2 Å². The monoisotopic (exact) mass is 255 g/mol. The van der Waals surface area contributed by atoms with Crippen LogP contribution in [0.5, 0.6) is 0 Å². The van der Waals surface area contributed by atoms with Gasteiger partial charge >= 0.3 is 0 Å². The minimum absolute atomic E-state index is 0.0425. The van der Waals surface area contributed by atoms with Crippen molar-refractivity contribution >= 4 is 29.1 Å². The van der Waals surface area contributed by atoms with Gasteiger partial charge in [0, 0.05) is 0 Å². The second-order valence-corrected chi connectivity index (χ2v) is 4.50. The maximum absolute atomic E-state index is 13.0. The highest BCUT2D eigenvalue weighted by atomic mass is 35.5. The van der Waals surface area contributed by atoms with Gasteiger partial charge in [-0.2, -0.15) is 0 Å². The Bertz CT molecular complexity index is 542. The predicted octanol–water partition coefficient (Wildman–Crippen LogP) is 1.51. The van der Waals surface area contributed by atoms with Crippen LogP contribution in [0.25, 0.3) is 0 Å². The Morgan fingerprint density at radius 2 is 2.12 bits per heavy atom. The number of hydrogen-bond donors (Lipinski definition) is 0. The number of carbonyl (C=O) groups excluding carboxylic acids is 2. The van der Waals surface area contributed by atoms with Crippen LogP contribution in [0.3, 0.4) is 0 Å². The van der Waals surface area contributed by atoms with Crippen LogP contribution in [0.2, 0.25) is 5.02 Å². The number of anilines is 1. The molecule has 0 aromatic heterocycles. The van der Waals surface area contributed by atoms with Gasteiger partial charge in [0.15, 0.2) is 5.60 Å². The summed E-state index contributed by atoms with van der Waals surface area (Å²) < 4.78 is 18.0. The average Bonchev–Trinajstić information content (AvgIpc) is 2.99. The highest BCUT2D eigenvalue weighted by Gasteiger charge is 2.62. The van der Waals surface area contributed by atoms with Gasteiger partial charge < -0.3 is 4.74 Å². The lowest BCUT2D eigenvalue weighted by Crippen LogP contribution is -2.33. The summed E-state index contributed by atoms with van der Waals surface area (Å²) in [7, 11) is 0. The number of amides is 2. The Morgan fingerprint density at radius 1 is 1.41 bits per heavy atom. The molecule has 2 amide bonds. The minimum Gasteiger partial charge on any atom is -0.359 e. The largest absolute Gasteiger partial charge is 0.359 e. The molecule has 88 valence electrons. The molecule has 4 nitrogen and oxygen atoms in total. The SMILES string of the molecule is O=C1CC2(CO2)C(=O)N1c1ccc(F)c(Cl)c1. The lowest BCUT2D eigenvalue weighted by molar-refractivity contribution is -0.122. The molecule has 3 rings (SSSR count). The van der Waals surface area contributed by atoms with Gasteiger partial charge in [-0.3, -0.25) is 9.59 Å². The number of hydrogen-bond acceptors (Lipinski definition) is 3. The van der Waals surface area contributed by atoms with Crippen molar-refractivity contribution in [3.63, 3.8) is 0 Å². The Morgan fingerprint density at radius 3 is 2.65 bits per heavy atom. The van der Waals surface area contributed by atoms with E-state index >= 15 is 0 Å². The number of carbonyl (C=O) groups is 2. The van der Waals surface area contributed by atoms with Crippen molar-refractivity contribution in [2.75, 3.05) is 11.5 Å². The number of halogens is 2. The van der Waals surface area contributed by atoms with Gasteiger partial charge in [-0.25, -0.2) is 9.29 Å². The minimum atomic E-state index is -0.960. The first-order valence-electron chi connectivity index (χ1n) is 5.00. The lowest BCUT2D eigenvalue weighted by atomic mass is 10.1. The summed E-state index contributed by atoms with van der Waals surface area (Å²) >= 11 is 5.62. The van der Waals surface area contributed by atoms with Crippen LogP contribution >= 0.6 is 11.6 Å². The van der Waals surface area contributed by atoms with Crippen LogP contribution in [-0.4, -0.2) is 24.0 Å². The fraction of sp³-hybridized carbons (Fsp3) is 0.273. The third-order valence-electron chi connectivity index (χ3n) is 2.93. The van der Waals surface area contributed by atoms with Crippen molar-refractivity contribution in [1.29, 1.82) is 0 Å². The van der Waals surface area contributed by atoms with Crippen molar-refractivity contribution in [3.05, 3.63) is 29.0 Å². The zero-order chi connectivity index (χ0) is 12.2. The molecular formula is C11H7ClFNO3. The van der Waals surface area contributed by atoms with E-state index in [4.69, 9.17) is 16.3 Å². The molecule has 1 atom stereocenters. The Hall–Kier alpha value is -1.46. The zero-order valence-corrected chi connectivity index (χ0v) is 9.33. The standard InChI is InChI=1S/C11H7ClFNO3/c12-7-3-6(1-2-8(7)13)14-9(15)4-11(5-17-11)10(14)16/h1-3H,4-5H2. The molecule has 17 heavy (non-hydrogen) atoms. The van der Waals surface area contributed by atoms with E-state index in [9.17, 15) is 14.0 Å². The Balaban J connectivity index is 2.01. The van der Waals surface area contributed by atoms with Crippen molar-refractivity contribution in [1.82, 2.24) is 0 Å². The van der Waals surface area contributed by atoms with E-state index in [2.05, 4.69) is 0 Å². The molecule has 1 aromatic rings. The fourth-order valence-corrected chi connectivity index (χ4v) is 2.09. The van der Waals surface area contributed by atoms with Crippen LogP contribution in [0, 0.1) is 5.82 Å². The van der Waals surface area contributed by atoms with Crippen molar-refractivity contribution in [2.24, 2.45) is 0 Å². The fourth-order valence-electron chi connectivity index (χ4n) is 1.91. The van der Waals surface area contributed by atoms with E-state index in [-0.39, 0.29) is 29.6 Å². The molecule has 0 aliphatic carbocycles. The summed E-state index contributed by atoms with van der Waals surface area (Å²) in [5.74, 6) is -1.34. The van der Waals surface area contributed by atoms with Gasteiger partial charge in [0.1, 0.15) is 5.82 Å². The number of ether oxygens (including phenoxy) is 1. The maximum atomic E-state index is 13.0. The van der Waals surface area contributed by atoms with Gasteiger partial charge in [0.2, 0.25) is 5.91 Å². The first kappa shape index (κ1) is 10.7. The molecule has 2 aliphatic rings. The molecule has 0 saturated carbocycles. The molecule has 0 bridgehead atoms. The predicted molar refractivity (Wildman–Crippen MR) is 57.2 cm³/mol. The summed E-state index contributed by atoms with van der Waals surface area (Å²) in [5.41, 5.74) is -0.684. The summed E-state index contributed by atoms with van der Waals surface area (Å²) in [5, 5.41) is -0.124. The maximum Gasteiger partial charge on any atom is 0.268 e. The molecule has 2 saturated heterocycles. The number of epoxide rings is 1. The van der Waals surface area contributed by atoms with Crippen LogP contribution in [0.4, 0.5) is 10.1 Å². The van der Waals surface area contributed by atoms with Gasteiger partial charge in [0.05, 0.1) is 23.7 Å². The molecule has 0 radical (unpaired) electrons. The molecule has 2 aliphatic heterocycles. The highest BCUT2D eigenvalue weighted by Crippen LogP contribution is 2.41. The number of rotatable bonds is 1. The van der Waals surface area contributed by atoms with Gasteiger partial charge in [-0.15, -0.1) is 0 Å². The topological polar surface area (TPSA) is 49.9 Å². The van der Waals surface area contributed by atoms with E-state index < -0.39 is 17.3 Å². The smallest absolute Gasteiger partial charge is 0.268 e. The normalized spacial score (nSPS) is 27.1. The zero-order valence-electron chi connectivity index (χ0n) is 8.57. The molecule has 2 fully saturated rings. The molecule has 1 unspecified atom stereocenters. The van der Waals surface area contributed by atoms with Crippen LogP contribution < -0.4 is 4.90 Å². The lowest BCUT2D eigenvalue weighted by Gasteiger charge is -2.14. The number of nitrogens with zero attached hydrogens (tertiary/aromatic N) is 1. The third kappa shape index (κ3) is 1.46. The summed E-state index contributed by atoms with van der Waals surface area (Å²) in [6, 6.07) is 3.73. The van der Waals surface area contributed by atoms with E-state index in [1.165, 1.54) is 12.1 Å². The van der Waals surface area contributed by atoms with E-state index in [0.717, 1.165) is 11.0 Å². The third-order valence-corrected chi connectivity index (χ3v) is 3.22.